The Morgan fingerprint density at radius 1 is 1.06 bits per heavy atom. The van der Waals surface area contributed by atoms with Crippen molar-refractivity contribution in [3.8, 4) is 0 Å². The lowest BCUT2D eigenvalue weighted by molar-refractivity contribution is -0.175. The minimum atomic E-state index is -0.727. The number of benzene rings is 1. The van der Waals surface area contributed by atoms with Gasteiger partial charge >= 0.3 is 18.0 Å². The van der Waals surface area contributed by atoms with E-state index in [-0.39, 0.29) is 41.9 Å². The molecule has 5 atom stereocenters. The summed E-state index contributed by atoms with van der Waals surface area (Å²) in [6.07, 6.45) is 4.93. The summed E-state index contributed by atoms with van der Waals surface area (Å²) < 4.78 is 11.1. The van der Waals surface area contributed by atoms with Gasteiger partial charge < -0.3 is 25.4 Å². The second-order valence-electron chi connectivity index (χ2n) is 10.8. The first-order chi connectivity index (χ1) is 17.2. The van der Waals surface area contributed by atoms with Gasteiger partial charge in [0.15, 0.2) is 0 Å². The molecule has 4 bridgehead atoms. The van der Waals surface area contributed by atoms with Crippen LogP contribution < -0.4 is 16.0 Å². The highest BCUT2D eigenvalue weighted by atomic mass is 16.5. The monoisotopic (exact) mass is 495 g/mol. The van der Waals surface area contributed by atoms with Crippen LogP contribution in [-0.4, -0.2) is 42.6 Å². The molecule has 2 unspecified atom stereocenters. The molecule has 1 aliphatic heterocycles. The molecule has 0 spiro atoms. The van der Waals surface area contributed by atoms with Gasteiger partial charge in [-0.2, -0.15) is 0 Å². The van der Waals surface area contributed by atoms with Crippen molar-refractivity contribution in [1.29, 1.82) is 0 Å². The molecule has 0 radical (unpaired) electrons. The SMILES string of the molecule is CCOC(=O)C1=C(COC(=O)C23C[C@@H]4C[C@@H](CC(NC(C)=O)(C4)C2)C3)NC(=O)N[C@@H]1c1ccccc1. The Morgan fingerprint density at radius 3 is 2.39 bits per heavy atom. The van der Waals surface area contributed by atoms with Crippen molar-refractivity contribution in [1.82, 2.24) is 16.0 Å². The van der Waals surface area contributed by atoms with Crippen LogP contribution in [0.3, 0.4) is 0 Å². The van der Waals surface area contributed by atoms with Gasteiger partial charge in [0.05, 0.1) is 29.3 Å². The molecular weight excluding hydrogens is 462 g/mol. The van der Waals surface area contributed by atoms with Gasteiger partial charge in [-0.25, -0.2) is 9.59 Å². The first kappa shape index (κ1) is 24.3. The van der Waals surface area contributed by atoms with Crippen molar-refractivity contribution < 1.29 is 28.7 Å². The van der Waals surface area contributed by atoms with E-state index in [1.165, 1.54) is 6.92 Å². The molecule has 3 N–H and O–H groups in total. The minimum absolute atomic E-state index is 0.0749. The van der Waals surface area contributed by atoms with E-state index in [2.05, 4.69) is 16.0 Å². The van der Waals surface area contributed by atoms with Gasteiger partial charge in [0.1, 0.15) is 6.61 Å². The summed E-state index contributed by atoms with van der Waals surface area (Å²) in [4.78, 5) is 51.0. The number of rotatable bonds is 7. The first-order valence-electron chi connectivity index (χ1n) is 12.7. The third-order valence-electron chi connectivity index (χ3n) is 8.06. The van der Waals surface area contributed by atoms with Gasteiger partial charge in [-0.3, -0.25) is 9.59 Å². The Balaban J connectivity index is 1.40. The zero-order valence-electron chi connectivity index (χ0n) is 20.7. The predicted octanol–water partition coefficient (Wildman–Crippen LogP) is 2.88. The summed E-state index contributed by atoms with van der Waals surface area (Å²) >= 11 is 0. The van der Waals surface area contributed by atoms with E-state index in [9.17, 15) is 19.2 Å². The van der Waals surface area contributed by atoms with E-state index >= 15 is 0 Å². The number of carbonyl (C=O) groups excluding carboxylic acids is 4. The number of nitrogens with one attached hydrogen (secondary N) is 3. The van der Waals surface area contributed by atoms with E-state index < -0.39 is 23.5 Å². The largest absolute Gasteiger partial charge is 0.463 e. The Morgan fingerprint density at radius 2 is 1.75 bits per heavy atom. The van der Waals surface area contributed by atoms with Gasteiger partial charge in [-0.05, 0) is 62.8 Å². The topological polar surface area (TPSA) is 123 Å². The molecule has 3 amide bonds. The molecule has 1 aromatic rings. The Hall–Kier alpha value is -3.36. The summed E-state index contributed by atoms with van der Waals surface area (Å²) in [7, 11) is 0. The second kappa shape index (κ2) is 9.26. The van der Waals surface area contributed by atoms with Gasteiger partial charge in [-0.1, -0.05) is 30.3 Å². The van der Waals surface area contributed by atoms with Crippen molar-refractivity contribution in [3.63, 3.8) is 0 Å². The van der Waals surface area contributed by atoms with Crippen molar-refractivity contribution in [2.45, 2.75) is 64.0 Å². The molecule has 0 saturated heterocycles. The lowest BCUT2D eigenvalue weighted by Crippen LogP contribution is -2.64. The maximum absolute atomic E-state index is 13.6. The average molecular weight is 496 g/mol. The number of carbonyl (C=O) groups is 4. The Labute approximate surface area is 210 Å². The molecule has 1 heterocycles. The average Bonchev–Trinajstić information content (AvgIpc) is 2.81. The molecule has 4 saturated carbocycles. The fourth-order valence-corrected chi connectivity index (χ4v) is 7.39. The standard InChI is InChI=1S/C27H33N3O6/c1-3-35-23(32)21-20(28-25(34)29-22(21)19-7-5-4-6-8-19)14-36-24(33)26-10-17-9-18(11-26)13-27(12-17,15-26)30-16(2)31/h4-8,17-18,22H,3,9-15H2,1-2H3,(H,30,31)(H2,28,29,34)/t17-,18+,22-,26?,27?/m1/s1. The number of hydrogen-bond acceptors (Lipinski definition) is 6. The zero-order chi connectivity index (χ0) is 25.5. The highest BCUT2D eigenvalue weighted by Gasteiger charge is 2.61. The third kappa shape index (κ3) is 4.47. The molecule has 9 heteroatoms. The fourth-order valence-electron chi connectivity index (χ4n) is 7.39. The fraction of sp³-hybridized carbons (Fsp3) is 0.556. The quantitative estimate of drug-likeness (QED) is 0.500. The number of esters is 2. The van der Waals surface area contributed by atoms with Crippen LogP contribution in [0.2, 0.25) is 0 Å². The smallest absolute Gasteiger partial charge is 0.338 e. The van der Waals surface area contributed by atoms with Crippen molar-refractivity contribution in [2.75, 3.05) is 13.2 Å². The molecule has 5 aliphatic rings. The minimum Gasteiger partial charge on any atom is -0.463 e. The van der Waals surface area contributed by atoms with Crippen LogP contribution in [0.5, 0.6) is 0 Å². The van der Waals surface area contributed by atoms with Crippen LogP contribution in [0, 0.1) is 17.3 Å². The summed E-state index contributed by atoms with van der Waals surface area (Å²) in [5.41, 5.74) is 0.146. The lowest BCUT2D eigenvalue weighted by atomic mass is 9.47. The van der Waals surface area contributed by atoms with Crippen molar-refractivity contribution in [3.05, 3.63) is 47.2 Å². The number of ether oxygens (including phenoxy) is 2. The highest BCUT2D eigenvalue weighted by molar-refractivity contribution is 5.95. The van der Waals surface area contributed by atoms with Gasteiger partial charge in [0.25, 0.3) is 0 Å². The molecule has 9 nitrogen and oxygen atoms in total. The molecule has 192 valence electrons. The number of hydrogen-bond donors (Lipinski definition) is 3. The highest BCUT2D eigenvalue weighted by Crippen LogP contribution is 2.62. The predicted molar refractivity (Wildman–Crippen MR) is 129 cm³/mol. The van der Waals surface area contributed by atoms with Crippen LogP contribution in [0.25, 0.3) is 0 Å². The van der Waals surface area contributed by atoms with Crippen LogP contribution in [-0.2, 0) is 23.9 Å². The molecule has 0 aromatic heterocycles. The van der Waals surface area contributed by atoms with E-state index in [1.54, 1.807) is 6.92 Å². The van der Waals surface area contributed by atoms with E-state index in [4.69, 9.17) is 9.47 Å². The first-order valence-corrected chi connectivity index (χ1v) is 12.7. The van der Waals surface area contributed by atoms with E-state index in [1.807, 2.05) is 30.3 Å². The summed E-state index contributed by atoms with van der Waals surface area (Å²) in [5, 5.41) is 8.60. The third-order valence-corrected chi connectivity index (χ3v) is 8.06. The molecule has 6 rings (SSSR count). The summed E-state index contributed by atoms with van der Waals surface area (Å²) in [6, 6.07) is 7.92. The van der Waals surface area contributed by atoms with Crippen LogP contribution >= 0.6 is 0 Å². The zero-order valence-corrected chi connectivity index (χ0v) is 20.7. The van der Waals surface area contributed by atoms with Crippen LogP contribution in [0.4, 0.5) is 4.79 Å². The molecular formula is C27H33N3O6. The molecule has 36 heavy (non-hydrogen) atoms. The normalized spacial score (nSPS) is 32.4. The Kier molecular flexibility index (Phi) is 6.26. The summed E-state index contributed by atoms with van der Waals surface area (Å²) in [6.45, 7) is 3.16. The van der Waals surface area contributed by atoms with Gasteiger partial charge in [-0.15, -0.1) is 0 Å². The number of urea groups is 1. The van der Waals surface area contributed by atoms with Crippen molar-refractivity contribution in [2.24, 2.45) is 17.3 Å². The maximum atomic E-state index is 13.6. The van der Waals surface area contributed by atoms with Crippen LogP contribution in [0.1, 0.15) is 64.0 Å². The molecule has 1 aromatic carbocycles. The number of amides is 3. The van der Waals surface area contributed by atoms with E-state index in [0.717, 1.165) is 37.7 Å². The van der Waals surface area contributed by atoms with Crippen molar-refractivity contribution >= 4 is 23.9 Å². The van der Waals surface area contributed by atoms with E-state index in [0.29, 0.717) is 18.3 Å². The summed E-state index contributed by atoms with van der Waals surface area (Å²) in [5.74, 6) is -0.230. The van der Waals surface area contributed by atoms with Gasteiger partial charge in [0, 0.05) is 12.5 Å². The van der Waals surface area contributed by atoms with Gasteiger partial charge in [0.2, 0.25) is 5.91 Å². The second-order valence-corrected chi connectivity index (χ2v) is 10.8. The Bertz CT molecular complexity index is 1100. The lowest BCUT2D eigenvalue weighted by Gasteiger charge is -2.60. The molecule has 4 aliphatic carbocycles. The van der Waals surface area contributed by atoms with Crippen LogP contribution in [0.15, 0.2) is 41.6 Å². The molecule has 4 fully saturated rings. The maximum Gasteiger partial charge on any atom is 0.338 e.